The molecule has 0 N–H and O–H groups in total. The summed E-state index contributed by atoms with van der Waals surface area (Å²) >= 11 is 0. The van der Waals surface area contributed by atoms with E-state index in [1.165, 1.54) is 7.11 Å². The van der Waals surface area contributed by atoms with E-state index < -0.39 is 5.97 Å². The molecule has 1 aromatic heterocycles. The van der Waals surface area contributed by atoms with Crippen LogP contribution in [0.15, 0.2) is 57.7 Å². The number of hydrogen-bond acceptors (Lipinski definition) is 5. The lowest BCUT2D eigenvalue weighted by Gasteiger charge is -2.19. The molecule has 0 fully saturated rings. The number of para-hydroxylation sites is 1. The second-order valence-electron chi connectivity index (χ2n) is 7.28. The van der Waals surface area contributed by atoms with Gasteiger partial charge in [0.25, 0.3) is 0 Å². The minimum absolute atomic E-state index is 0.00242. The van der Waals surface area contributed by atoms with Crippen molar-refractivity contribution >= 4 is 16.9 Å². The van der Waals surface area contributed by atoms with Crippen molar-refractivity contribution in [3.05, 3.63) is 64.3 Å². The molecule has 0 bridgehead atoms. The Balaban J connectivity index is 2.15. The Labute approximate surface area is 157 Å². The third kappa shape index (κ3) is 3.87. The largest absolute Gasteiger partial charge is 0.474 e. The van der Waals surface area contributed by atoms with E-state index in [0.717, 1.165) is 5.56 Å². The van der Waals surface area contributed by atoms with Gasteiger partial charge in [-0.3, -0.25) is 4.79 Å². The summed E-state index contributed by atoms with van der Waals surface area (Å²) in [5.41, 5.74) is 2.00. The van der Waals surface area contributed by atoms with Crippen LogP contribution < -0.4 is 10.2 Å². The summed E-state index contributed by atoms with van der Waals surface area (Å²) in [6, 6.07) is 14.7. The minimum atomic E-state index is -0.573. The van der Waals surface area contributed by atoms with Gasteiger partial charge in [-0.25, -0.2) is 4.79 Å². The maximum atomic E-state index is 12.9. The molecule has 27 heavy (non-hydrogen) atoms. The number of carbonyl (C=O) groups excluding carboxylic acids is 1. The molecule has 3 aromatic rings. The molecule has 0 atom stereocenters. The summed E-state index contributed by atoms with van der Waals surface area (Å²) in [5.74, 6) is -0.276. The molecule has 2 aromatic carbocycles. The highest BCUT2D eigenvalue weighted by molar-refractivity contribution is 5.82. The van der Waals surface area contributed by atoms with Gasteiger partial charge in [-0.1, -0.05) is 57.2 Å². The van der Waals surface area contributed by atoms with Crippen molar-refractivity contribution in [1.82, 2.24) is 0 Å². The van der Waals surface area contributed by atoms with Crippen LogP contribution in [0.2, 0.25) is 0 Å². The quantitative estimate of drug-likeness (QED) is 0.644. The number of carbonyl (C=O) groups is 1. The first-order valence-electron chi connectivity index (χ1n) is 8.67. The van der Waals surface area contributed by atoms with Crippen molar-refractivity contribution in [2.24, 2.45) is 0 Å². The maximum absolute atomic E-state index is 12.9. The standard InChI is InChI=1S/C22H22O5/c1-22(2,3)15-11-9-14(10-12-15)20-21(26-13-18(23)25-4)19(24)16-7-5-6-8-17(16)27-20/h5-12H,13H2,1-4H3. The molecule has 0 radical (unpaired) electrons. The predicted octanol–water partition coefficient (Wildman–Crippen LogP) is 4.31. The second kappa shape index (κ2) is 7.27. The van der Waals surface area contributed by atoms with E-state index in [1.807, 2.05) is 24.3 Å². The van der Waals surface area contributed by atoms with Crippen LogP contribution in [0.1, 0.15) is 26.3 Å². The van der Waals surface area contributed by atoms with Gasteiger partial charge in [-0.05, 0) is 23.1 Å². The Bertz CT molecular complexity index is 1020. The van der Waals surface area contributed by atoms with Gasteiger partial charge in [-0.15, -0.1) is 0 Å². The number of methoxy groups -OCH3 is 1. The lowest BCUT2D eigenvalue weighted by molar-refractivity contribution is -0.142. The average Bonchev–Trinajstić information content (AvgIpc) is 2.66. The molecule has 0 saturated heterocycles. The van der Waals surface area contributed by atoms with Gasteiger partial charge >= 0.3 is 5.97 Å². The van der Waals surface area contributed by atoms with Crippen LogP contribution in [0.25, 0.3) is 22.3 Å². The number of fused-ring (bicyclic) bond motifs is 1. The van der Waals surface area contributed by atoms with Crippen molar-refractivity contribution in [2.45, 2.75) is 26.2 Å². The minimum Gasteiger partial charge on any atom is -0.474 e. The zero-order valence-corrected chi connectivity index (χ0v) is 15.9. The number of hydrogen-bond donors (Lipinski definition) is 0. The van der Waals surface area contributed by atoms with E-state index in [-0.39, 0.29) is 23.2 Å². The van der Waals surface area contributed by atoms with E-state index in [4.69, 9.17) is 9.15 Å². The topological polar surface area (TPSA) is 65.7 Å². The van der Waals surface area contributed by atoms with E-state index in [9.17, 15) is 9.59 Å². The maximum Gasteiger partial charge on any atom is 0.343 e. The molecule has 0 spiro atoms. The first-order chi connectivity index (χ1) is 12.8. The molecule has 0 unspecified atom stereocenters. The third-order valence-electron chi connectivity index (χ3n) is 4.33. The number of rotatable bonds is 4. The molecule has 0 saturated carbocycles. The Morgan fingerprint density at radius 3 is 2.33 bits per heavy atom. The summed E-state index contributed by atoms with van der Waals surface area (Å²) < 4.78 is 16.1. The summed E-state index contributed by atoms with van der Waals surface area (Å²) in [5, 5.41) is 0.396. The molecule has 0 aliphatic carbocycles. The summed E-state index contributed by atoms with van der Waals surface area (Å²) in [7, 11) is 1.26. The Morgan fingerprint density at radius 2 is 1.70 bits per heavy atom. The lowest BCUT2D eigenvalue weighted by Crippen LogP contribution is -2.17. The third-order valence-corrected chi connectivity index (χ3v) is 4.33. The molecule has 0 aliphatic rings. The van der Waals surface area contributed by atoms with Crippen LogP contribution in [0, 0.1) is 0 Å². The van der Waals surface area contributed by atoms with Gasteiger partial charge < -0.3 is 13.9 Å². The summed E-state index contributed by atoms with van der Waals surface area (Å²) in [4.78, 5) is 24.4. The fourth-order valence-electron chi connectivity index (χ4n) is 2.76. The van der Waals surface area contributed by atoms with Gasteiger partial charge in [0.2, 0.25) is 11.2 Å². The number of benzene rings is 2. The van der Waals surface area contributed by atoms with E-state index in [2.05, 4.69) is 25.5 Å². The summed E-state index contributed by atoms with van der Waals surface area (Å²) in [6.45, 7) is 6.02. The van der Waals surface area contributed by atoms with E-state index in [1.54, 1.807) is 24.3 Å². The van der Waals surface area contributed by atoms with Crippen molar-refractivity contribution in [3.8, 4) is 17.1 Å². The SMILES string of the molecule is COC(=O)COc1c(-c2ccc(C(C)(C)C)cc2)oc2ccccc2c1=O. The van der Waals surface area contributed by atoms with Crippen molar-refractivity contribution < 1.29 is 18.7 Å². The zero-order chi connectivity index (χ0) is 19.6. The van der Waals surface area contributed by atoms with Crippen LogP contribution in [0.4, 0.5) is 0 Å². The molecular formula is C22H22O5. The van der Waals surface area contributed by atoms with Crippen LogP contribution >= 0.6 is 0 Å². The van der Waals surface area contributed by atoms with Crippen LogP contribution in [-0.2, 0) is 14.9 Å². The van der Waals surface area contributed by atoms with Crippen molar-refractivity contribution in [3.63, 3.8) is 0 Å². The highest BCUT2D eigenvalue weighted by Gasteiger charge is 2.20. The average molecular weight is 366 g/mol. The molecule has 3 rings (SSSR count). The van der Waals surface area contributed by atoms with E-state index in [0.29, 0.717) is 22.3 Å². The lowest BCUT2D eigenvalue weighted by atomic mass is 9.86. The normalized spacial score (nSPS) is 11.4. The van der Waals surface area contributed by atoms with Crippen LogP contribution in [0.5, 0.6) is 5.75 Å². The van der Waals surface area contributed by atoms with Crippen molar-refractivity contribution in [1.29, 1.82) is 0 Å². The first-order valence-corrected chi connectivity index (χ1v) is 8.67. The predicted molar refractivity (Wildman–Crippen MR) is 104 cm³/mol. The van der Waals surface area contributed by atoms with Crippen LogP contribution in [-0.4, -0.2) is 19.7 Å². The monoisotopic (exact) mass is 366 g/mol. The van der Waals surface area contributed by atoms with Gasteiger partial charge in [0.05, 0.1) is 12.5 Å². The first kappa shape index (κ1) is 18.7. The van der Waals surface area contributed by atoms with Gasteiger partial charge in [0.1, 0.15) is 5.58 Å². The fraction of sp³-hybridized carbons (Fsp3) is 0.273. The fourth-order valence-corrected chi connectivity index (χ4v) is 2.76. The van der Waals surface area contributed by atoms with Gasteiger partial charge in [0.15, 0.2) is 12.4 Å². The Morgan fingerprint density at radius 1 is 1.04 bits per heavy atom. The second-order valence-corrected chi connectivity index (χ2v) is 7.28. The molecule has 140 valence electrons. The molecule has 5 heteroatoms. The number of esters is 1. The van der Waals surface area contributed by atoms with E-state index >= 15 is 0 Å². The molecule has 1 heterocycles. The Kier molecular flexibility index (Phi) is 5.04. The van der Waals surface area contributed by atoms with Crippen LogP contribution in [0.3, 0.4) is 0 Å². The smallest absolute Gasteiger partial charge is 0.343 e. The highest BCUT2D eigenvalue weighted by atomic mass is 16.6. The molecule has 0 amide bonds. The molecule has 0 aliphatic heterocycles. The number of ether oxygens (including phenoxy) is 2. The zero-order valence-electron chi connectivity index (χ0n) is 15.9. The molecule has 5 nitrogen and oxygen atoms in total. The molecular weight excluding hydrogens is 344 g/mol. The van der Waals surface area contributed by atoms with Gasteiger partial charge in [0, 0.05) is 5.56 Å². The van der Waals surface area contributed by atoms with Crippen molar-refractivity contribution in [2.75, 3.05) is 13.7 Å². The Hall–Kier alpha value is -3.08. The highest BCUT2D eigenvalue weighted by Crippen LogP contribution is 2.32. The summed E-state index contributed by atoms with van der Waals surface area (Å²) in [6.07, 6.45) is 0. The van der Waals surface area contributed by atoms with Gasteiger partial charge in [-0.2, -0.15) is 0 Å².